The van der Waals surface area contributed by atoms with Gasteiger partial charge in [-0.2, -0.15) is 0 Å². The summed E-state index contributed by atoms with van der Waals surface area (Å²) in [7, 11) is 1.78. The van der Waals surface area contributed by atoms with E-state index in [-0.39, 0.29) is 29.9 Å². The lowest BCUT2D eigenvalue weighted by Crippen LogP contribution is -2.47. The first-order valence-electron chi connectivity index (χ1n) is 9.65. The second-order valence-electron chi connectivity index (χ2n) is 7.43. The number of benzene rings is 1. The Morgan fingerprint density at radius 1 is 1.29 bits per heavy atom. The average molecular weight is 522 g/mol. The van der Waals surface area contributed by atoms with E-state index in [1.165, 1.54) is 0 Å². The van der Waals surface area contributed by atoms with Crippen LogP contribution in [0.15, 0.2) is 29.3 Å². The van der Waals surface area contributed by atoms with Crippen molar-refractivity contribution in [1.82, 2.24) is 15.5 Å². The maximum Gasteiger partial charge on any atom is 0.224 e. The number of guanidine groups is 1. The van der Waals surface area contributed by atoms with Crippen LogP contribution in [0.2, 0.25) is 5.02 Å². The van der Waals surface area contributed by atoms with Gasteiger partial charge in [-0.1, -0.05) is 18.5 Å². The van der Waals surface area contributed by atoms with Gasteiger partial charge in [0.05, 0.1) is 0 Å². The van der Waals surface area contributed by atoms with Crippen LogP contribution in [0.25, 0.3) is 0 Å². The highest BCUT2D eigenvalue weighted by Gasteiger charge is 2.31. The molecular weight excluding hydrogens is 489 g/mol. The standard InChI is InChI=1S/C20H32ClN5O.HI/c1-14(2)26-12-15(3)18(13-26)25-20(22-4)23-11-5-6-19(27)24-17-9-7-16(21)8-10-17;/h7-10,14-15,18H,5-6,11-13H2,1-4H3,(H,24,27)(H2,22,23,25);1H. The van der Waals surface area contributed by atoms with E-state index in [2.05, 4.69) is 46.6 Å². The van der Waals surface area contributed by atoms with Gasteiger partial charge in [-0.25, -0.2) is 0 Å². The number of nitrogens with zero attached hydrogens (tertiary/aromatic N) is 2. The summed E-state index contributed by atoms with van der Waals surface area (Å²) in [5, 5.41) is 10.4. The first-order valence-corrected chi connectivity index (χ1v) is 10.0. The monoisotopic (exact) mass is 521 g/mol. The number of amides is 1. The number of halogens is 2. The van der Waals surface area contributed by atoms with E-state index < -0.39 is 0 Å². The van der Waals surface area contributed by atoms with Crippen LogP contribution >= 0.6 is 35.6 Å². The van der Waals surface area contributed by atoms with Crippen LogP contribution in [-0.4, -0.2) is 55.5 Å². The molecule has 0 saturated carbocycles. The maximum absolute atomic E-state index is 12.0. The number of carbonyl (C=O) groups is 1. The Balaban J connectivity index is 0.00000392. The number of aliphatic imine (C=N–C) groups is 1. The topological polar surface area (TPSA) is 68.8 Å². The van der Waals surface area contributed by atoms with E-state index in [0.717, 1.165) is 31.2 Å². The van der Waals surface area contributed by atoms with Crippen molar-refractivity contribution in [3.8, 4) is 0 Å². The van der Waals surface area contributed by atoms with Crippen molar-refractivity contribution in [3.63, 3.8) is 0 Å². The third-order valence-corrected chi connectivity index (χ3v) is 5.17. The Morgan fingerprint density at radius 2 is 1.96 bits per heavy atom. The highest BCUT2D eigenvalue weighted by Crippen LogP contribution is 2.18. The minimum absolute atomic E-state index is 0. The Kier molecular flexibility index (Phi) is 11.1. The predicted octanol–water partition coefficient (Wildman–Crippen LogP) is 3.57. The summed E-state index contributed by atoms with van der Waals surface area (Å²) in [6.45, 7) is 9.58. The van der Waals surface area contributed by atoms with Crippen LogP contribution in [0.3, 0.4) is 0 Å². The van der Waals surface area contributed by atoms with Crippen molar-refractivity contribution >= 4 is 53.1 Å². The summed E-state index contributed by atoms with van der Waals surface area (Å²) in [6.07, 6.45) is 1.19. The summed E-state index contributed by atoms with van der Waals surface area (Å²) in [6, 6.07) is 8.08. The molecule has 0 bridgehead atoms. The molecule has 6 nitrogen and oxygen atoms in total. The highest BCUT2D eigenvalue weighted by molar-refractivity contribution is 14.0. The summed E-state index contributed by atoms with van der Waals surface area (Å²) in [5.74, 6) is 1.38. The molecule has 158 valence electrons. The van der Waals surface area contributed by atoms with Crippen molar-refractivity contribution in [2.24, 2.45) is 10.9 Å². The van der Waals surface area contributed by atoms with Crippen molar-refractivity contribution in [2.45, 2.75) is 45.7 Å². The maximum atomic E-state index is 12.0. The largest absolute Gasteiger partial charge is 0.356 e. The zero-order valence-corrected chi connectivity index (χ0v) is 20.3. The van der Waals surface area contributed by atoms with Gasteiger partial charge in [0, 0.05) is 55.9 Å². The molecular formula is C20H33ClIN5O. The normalized spacial score (nSPS) is 20.0. The molecule has 1 aromatic carbocycles. The van der Waals surface area contributed by atoms with Crippen LogP contribution in [0.4, 0.5) is 5.69 Å². The molecule has 0 aromatic heterocycles. The molecule has 0 spiro atoms. The molecule has 1 aromatic rings. The zero-order valence-electron chi connectivity index (χ0n) is 17.2. The van der Waals surface area contributed by atoms with Gasteiger partial charge in [0.1, 0.15) is 0 Å². The minimum atomic E-state index is -0.000871. The second kappa shape index (κ2) is 12.5. The van der Waals surface area contributed by atoms with E-state index in [1.54, 1.807) is 31.3 Å². The van der Waals surface area contributed by atoms with E-state index >= 15 is 0 Å². The first-order chi connectivity index (χ1) is 12.9. The van der Waals surface area contributed by atoms with Crippen LogP contribution in [0.5, 0.6) is 0 Å². The van der Waals surface area contributed by atoms with E-state index in [4.69, 9.17) is 11.6 Å². The van der Waals surface area contributed by atoms with Crippen LogP contribution < -0.4 is 16.0 Å². The molecule has 1 aliphatic heterocycles. The lowest BCUT2D eigenvalue weighted by atomic mass is 10.1. The number of anilines is 1. The Hall–Kier alpha value is -1.06. The molecule has 0 aliphatic carbocycles. The molecule has 1 saturated heterocycles. The van der Waals surface area contributed by atoms with Gasteiger partial charge in [-0.15, -0.1) is 24.0 Å². The second-order valence-corrected chi connectivity index (χ2v) is 7.87. The average Bonchev–Trinajstić information content (AvgIpc) is 3.00. The van der Waals surface area contributed by atoms with Crippen molar-refractivity contribution in [3.05, 3.63) is 29.3 Å². The molecule has 0 radical (unpaired) electrons. The molecule has 2 rings (SSSR count). The summed E-state index contributed by atoms with van der Waals surface area (Å²) in [5.41, 5.74) is 0.764. The molecule has 8 heteroatoms. The number of likely N-dealkylation sites (tertiary alicyclic amines) is 1. The van der Waals surface area contributed by atoms with Gasteiger partial charge < -0.3 is 16.0 Å². The Bertz CT molecular complexity index is 638. The van der Waals surface area contributed by atoms with Gasteiger partial charge in [0.25, 0.3) is 0 Å². The van der Waals surface area contributed by atoms with E-state index in [1.807, 2.05) is 0 Å². The van der Waals surface area contributed by atoms with Crippen molar-refractivity contribution in [2.75, 3.05) is 32.0 Å². The molecule has 1 fully saturated rings. The third kappa shape index (κ3) is 8.13. The Labute approximate surface area is 190 Å². The fourth-order valence-corrected chi connectivity index (χ4v) is 3.32. The SMILES string of the molecule is CN=C(NCCCC(=O)Nc1ccc(Cl)cc1)NC1CN(C(C)C)CC1C.I. The minimum Gasteiger partial charge on any atom is -0.356 e. The van der Waals surface area contributed by atoms with E-state index in [9.17, 15) is 4.79 Å². The number of nitrogens with one attached hydrogen (secondary N) is 3. The number of hydrogen-bond donors (Lipinski definition) is 3. The van der Waals surface area contributed by atoms with Gasteiger partial charge in [0.2, 0.25) is 5.91 Å². The zero-order chi connectivity index (χ0) is 19.8. The molecule has 1 amide bonds. The number of hydrogen-bond acceptors (Lipinski definition) is 3. The number of carbonyl (C=O) groups excluding carboxylic acids is 1. The molecule has 3 N–H and O–H groups in total. The molecule has 28 heavy (non-hydrogen) atoms. The molecule has 2 unspecified atom stereocenters. The number of rotatable bonds is 7. The van der Waals surface area contributed by atoms with Crippen molar-refractivity contribution < 1.29 is 4.79 Å². The molecule has 2 atom stereocenters. The summed E-state index contributed by atoms with van der Waals surface area (Å²) in [4.78, 5) is 18.8. The van der Waals surface area contributed by atoms with E-state index in [0.29, 0.717) is 36.0 Å². The third-order valence-electron chi connectivity index (χ3n) is 4.92. The van der Waals surface area contributed by atoms with Gasteiger partial charge >= 0.3 is 0 Å². The fourth-order valence-electron chi connectivity index (χ4n) is 3.20. The molecule has 1 heterocycles. The predicted molar refractivity (Wildman–Crippen MR) is 129 cm³/mol. The van der Waals surface area contributed by atoms with Gasteiger partial charge in [-0.3, -0.25) is 14.7 Å². The van der Waals surface area contributed by atoms with Gasteiger partial charge in [0.15, 0.2) is 5.96 Å². The van der Waals surface area contributed by atoms with Crippen LogP contribution in [-0.2, 0) is 4.79 Å². The summed E-state index contributed by atoms with van der Waals surface area (Å²) < 4.78 is 0. The van der Waals surface area contributed by atoms with Crippen LogP contribution in [0.1, 0.15) is 33.6 Å². The lowest BCUT2D eigenvalue weighted by molar-refractivity contribution is -0.116. The summed E-state index contributed by atoms with van der Waals surface area (Å²) >= 11 is 5.85. The quantitative estimate of drug-likeness (QED) is 0.222. The highest BCUT2D eigenvalue weighted by atomic mass is 127. The smallest absolute Gasteiger partial charge is 0.224 e. The van der Waals surface area contributed by atoms with Crippen LogP contribution in [0, 0.1) is 5.92 Å². The van der Waals surface area contributed by atoms with Gasteiger partial charge in [-0.05, 0) is 50.5 Å². The fraction of sp³-hybridized carbons (Fsp3) is 0.600. The molecule has 1 aliphatic rings. The first kappa shape index (κ1) is 25.0. The van der Waals surface area contributed by atoms with Crippen molar-refractivity contribution in [1.29, 1.82) is 0 Å². The Morgan fingerprint density at radius 3 is 2.54 bits per heavy atom. The lowest BCUT2D eigenvalue weighted by Gasteiger charge is -2.21.